The zero-order chi connectivity index (χ0) is 14.1. The molecule has 2 amide bonds. The Morgan fingerprint density at radius 2 is 2.10 bits per heavy atom. The van der Waals surface area contributed by atoms with Gasteiger partial charge in [-0.2, -0.15) is 0 Å². The molecule has 0 spiro atoms. The molecular weight excluding hydrogens is 272 g/mol. The molecule has 1 unspecified atom stereocenters. The third-order valence-corrected chi connectivity index (χ3v) is 5.19. The summed E-state index contributed by atoms with van der Waals surface area (Å²) in [6.45, 7) is 4.18. The molecule has 0 aromatic carbocycles. The van der Waals surface area contributed by atoms with Crippen LogP contribution < -0.4 is 0 Å². The minimum absolute atomic E-state index is 0.0134. The monoisotopic (exact) mass is 292 g/mol. The number of hydrogen-bond acceptors (Lipinski definition) is 3. The van der Waals surface area contributed by atoms with Crippen molar-refractivity contribution in [1.29, 1.82) is 0 Å². The highest BCUT2D eigenvalue weighted by Gasteiger charge is 2.39. The largest absolute Gasteiger partial charge is 0.340 e. The molecule has 3 heterocycles. The highest BCUT2D eigenvalue weighted by Crippen LogP contribution is 2.25. The van der Waals surface area contributed by atoms with Crippen LogP contribution in [-0.2, 0) is 4.79 Å². The molecule has 0 radical (unpaired) electrons. The highest BCUT2D eigenvalue weighted by molar-refractivity contribution is 7.12. The summed E-state index contributed by atoms with van der Waals surface area (Å²) >= 11 is 1.46. The minimum atomic E-state index is 0.0134. The van der Waals surface area contributed by atoms with Crippen LogP contribution in [0.2, 0.25) is 0 Å². The number of rotatable bonds is 2. The van der Waals surface area contributed by atoms with Crippen LogP contribution in [0.1, 0.15) is 35.9 Å². The molecule has 1 aromatic heterocycles. The van der Waals surface area contributed by atoms with Crippen molar-refractivity contribution in [3.05, 3.63) is 22.4 Å². The lowest BCUT2D eigenvalue weighted by molar-refractivity contribution is -0.143. The van der Waals surface area contributed by atoms with Crippen molar-refractivity contribution in [2.24, 2.45) is 5.92 Å². The van der Waals surface area contributed by atoms with Crippen LogP contribution in [0.3, 0.4) is 0 Å². The van der Waals surface area contributed by atoms with Gasteiger partial charge in [-0.25, -0.2) is 0 Å². The number of carbonyl (C=O) groups excluding carboxylic acids is 2. The Morgan fingerprint density at radius 1 is 1.30 bits per heavy atom. The summed E-state index contributed by atoms with van der Waals surface area (Å²) in [5.74, 6) is 0.322. The van der Waals surface area contributed by atoms with Gasteiger partial charge in [0, 0.05) is 25.7 Å². The molecule has 0 bridgehead atoms. The molecule has 2 aliphatic rings. The molecule has 1 atom stereocenters. The lowest BCUT2D eigenvalue weighted by atomic mass is 9.95. The molecule has 5 heteroatoms. The molecule has 2 saturated heterocycles. The van der Waals surface area contributed by atoms with Crippen LogP contribution in [0.15, 0.2) is 17.5 Å². The third kappa shape index (κ3) is 2.46. The van der Waals surface area contributed by atoms with E-state index in [1.165, 1.54) is 17.8 Å². The average molecular weight is 292 g/mol. The number of piperidine rings is 1. The average Bonchev–Trinajstić information content (AvgIpc) is 2.91. The summed E-state index contributed by atoms with van der Waals surface area (Å²) in [7, 11) is 0. The van der Waals surface area contributed by atoms with Crippen molar-refractivity contribution in [3.63, 3.8) is 0 Å². The number of thiophene rings is 1. The number of nitrogens with zero attached hydrogens (tertiary/aromatic N) is 2. The van der Waals surface area contributed by atoms with E-state index in [-0.39, 0.29) is 17.7 Å². The van der Waals surface area contributed by atoms with Crippen molar-refractivity contribution in [2.45, 2.75) is 32.2 Å². The Balaban J connectivity index is 1.55. The van der Waals surface area contributed by atoms with E-state index in [0.29, 0.717) is 19.1 Å². The molecular formula is C15H20N2O2S. The maximum Gasteiger partial charge on any atom is 0.263 e. The van der Waals surface area contributed by atoms with Crippen molar-refractivity contribution in [3.8, 4) is 0 Å². The van der Waals surface area contributed by atoms with Gasteiger partial charge in [0.15, 0.2) is 0 Å². The molecule has 0 aliphatic carbocycles. The number of amides is 2. The molecule has 108 valence electrons. The van der Waals surface area contributed by atoms with Gasteiger partial charge >= 0.3 is 0 Å². The fraction of sp³-hybridized carbons (Fsp3) is 0.600. The molecule has 2 aliphatic heterocycles. The van der Waals surface area contributed by atoms with Gasteiger partial charge in [-0.1, -0.05) is 6.07 Å². The third-order valence-electron chi connectivity index (χ3n) is 4.34. The van der Waals surface area contributed by atoms with Gasteiger partial charge in [0.05, 0.1) is 10.8 Å². The van der Waals surface area contributed by atoms with Gasteiger partial charge in [0.2, 0.25) is 5.91 Å². The van der Waals surface area contributed by atoms with Gasteiger partial charge in [0.25, 0.3) is 5.91 Å². The van der Waals surface area contributed by atoms with E-state index < -0.39 is 0 Å². The van der Waals surface area contributed by atoms with Gasteiger partial charge in [-0.05, 0) is 37.6 Å². The topological polar surface area (TPSA) is 40.6 Å². The van der Waals surface area contributed by atoms with Crippen molar-refractivity contribution in [1.82, 2.24) is 9.80 Å². The van der Waals surface area contributed by atoms with E-state index in [0.717, 1.165) is 24.3 Å². The van der Waals surface area contributed by atoms with E-state index in [4.69, 9.17) is 0 Å². The summed E-state index contributed by atoms with van der Waals surface area (Å²) in [4.78, 5) is 29.1. The minimum Gasteiger partial charge on any atom is -0.340 e. The predicted molar refractivity (Wildman–Crippen MR) is 78.7 cm³/mol. The maximum atomic E-state index is 12.4. The van der Waals surface area contributed by atoms with Crippen LogP contribution in [0, 0.1) is 5.92 Å². The Kier molecular flexibility index (Phi) is 3.78. The molecule has 0 N–H and O–H groups in total. The SMILES string of the molecule is CC1CCCCN1C(=O)C1CN(C(=O)c2cccs2)C1. The second-order valence-electron chi connectivity index (χ2n) is 5.76. The zero-order valence-electron chi connectivity index (χ0n) is 11.7. The van der Waals surface area contributed by atoms with E-state index in [1.54, 1.807) is 4.90 Å². The van der Waals surface area contributed by atoms with Gasteiger partial charge in [-0.3, -0.25) is 9.59 Å². The van der Waals surface area contributed by atoms with Crippen molar-refractivity contribution < 1.29 is 9.59 Å². The number of carbonyl (C=O) groups is 2. The van der Waals surface area contributed by atoms with E-state index in [1.807, 2.05) is 22.4 Å². The quantitative estimate of drug-likeness (QED) is 0.838. The standard InChI is InChI=1S/C15H20N2O2S/c1-11-5-2-3-7-17(11)14(18)12-9-16(10-12)15(19)13-6-4-8-20-13/h4,6,8,11-12H,2-3,5,7,9-10H2,1H3. The first-order chi connectivity index (χ1) is 9.66. The number of hydrogen-bond donors (Lipinski definition) is 0. The summed E-state index contributed by atoms with van der Waals surface area (Å²) in [6.07, 6.45) is 3.44. The lowest BCUT2D eigenvalue weighted by Gasteiger charge is -2.43. The van der Waals surface area contributed by atoms with Crippen LogP contribution in [0.25, 0.3) is 0 Å². The fourth-order valence-corrected chi connectivity index (χ4v) is 3.71. The Hall–Kier alpha value is -1.36. The molecule has 1 aromatic rings. The fourth-order valence-electron chi connectivity index (χ4n) is 3.02. The summed E-state index contributed by atoms with van der Waals surface area (Å²) in [5, 5.41) is 1.91. The molecule has 0 saturated carbocycles. The molecule has 4 nitrogen and oxygen atoms in total. The molecule has 2 fully saturated rings. The van der Waals surface area contributed by atoms with E-state index in [9.17, 15) is 9.59 Å². The van der Waals surface area contributed by atoms with Crippen molar-refractivity contribution >= 4 is 23.2 Å². The van der Waals surface area contributed by atoms with E-state index in [2.05, 4.69) is 6.92 Å². The van der Waals surface area contributed by atoms with Crippen LogP contribution in [0.4, 0.5) is 0 Å². The lowest BCUT2D eigenvalue weighted by Crippen LogP contribution is -2.58. The zero-order valence-corrected chi connectivity index (χ0v) is 12.6. The van der Waals surface area contributed by atoms with Crippen molar-refractivity contribution in [2.75, 3.05) is 19.6 Å². The second kappa shape index (κ2) is 5.56. The predicted octanol–water partition coefficient (Wildman–Crippen LogP) is 2.22. The Labute approximate surface area is 123 Å². The van der Waals surface area contributed by atoms with E-state index >= 15 is 0 Å². The first-order valence-electron chi connectivity index (χ1n) is 7.30. The Bertz CT molecular complexity index is 494. The number of likely N-dealkylation sites (tertiary alicyclic amines) is 2. The summed E-state index contributed by atoms with van der Waals surface area (Å²) in [5.41, 5.74) is 0. The normalized spacial score (nSPS) is 23.6. The highest BCUT2D eigenvalue weighted by atomic mass is 32.1. The second-order valence-corrected chi connectivity index (χ2v) is 6.71. The summed E-state index contributed by atoms with van der Waals surface area (Å²) < 4.78 is 0. The van der Waals surface area contributed by atoms with Gasteiger partial charge in [0.1, 0.15) is 0 Å². The smallest absolute Gasteiger partial charge is 0.263 e. The maximum absolute atomic E-state index is 12.4. The van der Waals surface area contributed by atoms with Crippen LogP contribution in [-0.4, -0.2) is 47.3 Å². The van der Waals surface area contributed by atoms with Crippen LogP contribution >= 0.6 is 11.3 Å². The summed E-state index contributed by atoms with van der Waals surface area (Å²) in [6, 6.07) is 4.09. The first-order valence-corrected chi connectivity index (χ1v) is 8.18. The van der Waals surface area contributed by atoms with Gasteiger partial charge < -0.3 is 9.80 Å². The molecule has 3 rings (SSSR count). The van der Waals surface area contributed by atoms with Crippen LogP contribution in [0.5, 0.6) is 0 Å². The van der Waals surface area contributed by atoms with Gasteiger partial charge in [-0.15, -0.1) is 11.3 Å². The molecule has 20 heavy (non-hydrogen) atoms. The Morgan fingerprint density at radius 3 is 2.75 bits per heavy atom. The first kappa shape index (κ1) is 13.6.